The van der Waals surface area contributed by atoms with Crippen LogP contribution in [0.15, 0.2) is 12.2 Å². The van der Waals surface area contributed by atoms with Crippen molar-refractivity contribution in [3.8, 4) is 0 Å². The van der Waals surface area contributed by atoms with Crippen LogP contribution in [0, 0.1) is 40.4 Å². The van der Waals surface area contributed by atoms with E-state index in [0.29, 0.717) is 22.7 Å². The highest BCUT2D eigenvalue weighted by Crippen LogP contribution is 2.67. The van der Waals surface area contributed by atoms with Crippen molar-refractivity contribution in [1.29, 1.82) is 0 Å². The van der Waals surface area contributed by atoms with E-state index in [-0.39, 0.29) is 26.1 Å². The fourth-order valence-corrected chi connectivity index (χ4v) is 8.67. The maximum absolute atomic E-state index is 11.5. The lowest BCUT2D eigenvalue weighted by molar-refractivity contribution is -0.162. The van der Waals surface area contributed by atoms with E-state index in [0.717, 1.165) is 37.0 Å². The molecule has 0 aromatic heterocycles. The first-order chi connectivity index (χ1) is 14.4. The Morgan fingerprint density at radius 2 is 1.87 bits per heavy atom. The molecule has 4 rings (SSSR count). The lowest BCUT2D eigenvalue weighted by Crippen LogP contribution is -2.57. The van der Waals surface area contributed by atoms with Gasteiger partial charge in [0, 0.05) is 0 Å². The summed E-state index contributed by atoms with van der Waals surface area (Å²) >= 11 is 0. The van der Waals surface area contributed by atoms with Crippen LogP contribution in [0.1, 0.15) is 98.3 Å². The summed E-state index contributed by atoms with van der Waals surface area (Å²) in [7, 11) is 0. The second kappa shape index (κ2) is 9.95. The molecule has 4 N–H and O–H groups in total. The van der Waals surface area contributed by atoms with Gasteiger partial charge in [-0.2, -0.15) is 0 Å². The molecule has 31 heavy (non-hydrogen) atoms. The van der Waals surface area contributed by atoms with Crippen LogP contribution < -0.4 is 11.1 Å². The lowest BCUT2D eigenvalue weighted by Gasteiger charge is -2.62. The van der Waals surface area contributed by atoms with Crippen LogP contribution >= 0.6 is 0 Å². The molecule has 0 aliphatic heterocycles. The fraction of sp³-hybridized carbons (Fsp3) is 0.889. The number of carbonyl (C=O) groups excluding carboxylic acids is 1. The van der Waals surface area contributed by atoms with Gasteiger partial charge in [-0.3, -0.25) is 4.79 Å². The van der Waals surface area contributed by atoms with Gasteiger partial charge in [0.1, 0.15) is 0 Å². The summed E-state index contributed by atoms with van der Waals surface area (Å²) in [6.45, 7) is 5.33. The second-order valence-corrected chi connectivity index (χ2v) is 11.4. The zero-order chi connectivity index (χ0) is 21.4. The molecular formula is C27H48N2O2. The third-order valence-corrected chi connectivity index (χ3v) is 10.3. The van der Waals surface area contributed by atoms with Crippen molar-refractivity contribution < 1.29 is 9.90 Å². The molecule has 178 valence electrons. The van der Waals surface area contributed by atoms with Crippen molar-refractivity contribution in [2.45, 2.75) is 104 Å². The highest BCUT2D eigenvalue weighted by atomic mass is 16.3. The number of hydrogen-bond donors (Lipinski definition) is 3. The topological polar surface area (TPSA) is 75.3 Å². The van der Waals surface area contributed by atoms with Crippen LogP contribution in [0.3, 0.4) is 0 Å². The largest absolute Gasteiger partial charge is 0.393 e. The first-order valence-corrected chi connectivity index (χ1v) is 12.7. The molecule has 8 atom stereocenters. The van der Waals surface area contributed by atoms with Gasteiger partial charge >= 0.3 is 0 Å². The predicted octanol–water partition coefficient (Wildman–Crippen LogP) is 5.40. The van der Waals surface area contributed by atoms with Gasteiger partial charge in [0.25, 0.3) is 0 Å². The minimum absolute atomic E-state index is 0. The molecule has 8 unspecified atom stereocenters. The number of rotatable bonds is 6. The Hall–Kier alpha value is -0.870. The average molecular weight is 433 g/mol. The van der Waals surface area contributed by atoms with E-state index in [2.05, 4.69) is 19.2 Å². The van der Waals surface area contributed by atoms with Gasteiger partial charge < -0.3 is 16.2 Å². The number of hydrogen-bond acceptors (Lipinski definition) is 3. The number of aliphatic hydroxyl groups excluding tert-OH is 1. The highest BCUT2D eigenvalue weighted by Gasteiger charge is 2.61. The minimum Gasteiger partial charge on any atom is -0.393 e. The van der Waals surface area contributed by atoms with Gasteiger partial charge in [-0.15, -0.1) is 0 Å². The number of fused-ring (bicyclic) bond motifs is 5. The van der Waals surface area contributed by atoms with Crippen molar-refractivity contribution in [3.05, 3.63) is 12.2 Å². The first-order valence-electron chi connectivity index (χ1n) is 12.7. The number of carbonyl (C=O) groups is 1. The third-order valence-electron chi connectivity index (χ3n) is 10.3. The number of nitrogens with one attached hydrogen (secondary N) is 1. The molecule has 0 saturated heterocycles. The maximum atomic E-state index is 11.5. The molecule has 4 saturated carbocycles. The van der Waals surface area contributed by atoms with Crippen molar-refractivity contribution in [1.82, 2.24) is 5.32 Å². The molecule has 0 aromatic carbocycles. The molecule has 4 nitrogen and oxygen atoms in total. The Morgan fingerprint density at radius 3 is 2.65 bits per heavy atom. The van der Waals surface area contributed by atoms with Crippen molar-refractivity contribution >= 4 is 5.91 Å². The summed E-state index contributed by atoms with van der Waals surface area (Å²) < 4.78 is 0. The number of unbranched alkanes of at least 4 members (excludes halogenated alkanes) is 1. The molecule has 0 spiro atoms. The normalized spacial score (nSPS) is 44.1. The fourth-order valence-electron chi connectivity index (χ4n) is 8.67. The summed E-state index contributed by atoms with van der Waals surface area (Å²) in [5.41, 5.74) is 6.22. The minimum atomic E-state index is -0.0930. The zero-order valence-electron chi connectivity index (χ0n) is 19.2. The Bertz CT molecular complexity index is 649. The Labute approximate surface area is 190 Å². The van der Waals surface area contributed by atoms with Crippen LogP contribution in [-0.2, 0) is 4.79 Å². The maximum Gasteiger partial charge on any atom is 0.244 e. The Morgan fingerprint density at radius 1 is 1.10 bits per heavy atom. The van der Waals surface area contributed by atoms with E-state index in [1.54, 1.807) is 6.08 Å². The van der Waals surface area contributed by atoms with Crippen molar-refractivity contribution in [2.24, 2.45) is 46.2 Å². The van der Waals surface area contributed by atoms with Crippen LogP contribution in [0.25, 0.3) is 0 Å². The summed E-state index contributed by atoms with van der Waals surface area (Å²) in [5, 5.41) is 13.9. The molecule has 4 fully saturated rings. The third kappa shape index (κ3) is 4.49. The summed E-state index contributed by atoms with van der Waals surface area (Å²) in [5.74, 6) is 3.43. The molecule has 4 heteroatoms. The van der Waals surface area contributed by atoms with Gasteiger partial charge in [-0.1, -0.05) is 40.2 Å². The number of amides is 1. The molecule has 4 aliphatic carbocycles. The smallest absolute Gasteiger partial charge is 0.244 e. The van der Waals surface area contributed by atoms with Crippen LogP contribution in [0.2, 0.25) is 0 Å². The van der Waals surface area contributed by atoms with Crippen molar-refractivity contribution in [2.75, 3.05) is 6.67 Å². The standard InChI is InChI=1S/C26H44N2O2.CH4/c1-25-14-7-6-9-19(25)16-22(29)24-20-12-11-18(26(20,2)15-13-21(24)25)8-4-3-5-10-23(30)28-17-27;/h5,10,18-22,24,29H,3-4,6-9,11-17,27H2,1-2H3,(H,28,30);1H4/b10-5+;. The number of aliphatic hydroxyl groups is 1. The van der Waals surface area contributed by atoms with E-state index in [4.69, 9.17) is 5.73 Å². The van der Waals surface area contributed by atoms with Gasteiger partial charge in [-0.25, -0.2) is 0 Å². The molecule has 0 heterocycles. The molecule has 1 amide bonds. The monoisotopic (exact) mass is 432 g/mol. The van der Waals surface area contributed by atoms with E-state index in [1.165, 1.54) is 57.8 Å². The summed E-state index contributed by atoms with van der Waals surface area (Å²) in [6, 6.07) is 0. The van der Waals surface area contributed by atoms with Crippen LogP contribution in [-0.4, -0.2) is 23.8 Å². The number of allylic oxidation sites excluding steroid dienone is 1. The Balaban J connectivity index is 0.00000272. The second-order valence-electron chi connectivity index (χ2n) is 11.4. The van der Waals surface area contributed by atoms with E-state index < -0.39 is 0 Å². The lowest BCUT2D eigenvalue weighted by atomic mass is 9.44. The SMILES string of the molecule is C.CC12CCC3C(C(O)CC4CCCCC43C)C1CCC2CCC/C=C/C(=O)NCN. The van der Waals surface area contributed by atoms with E-state index in [9.17, 15) is 9.90 Å². The molecule has 0 bridgehead atoms. The first kappa shape index (κ1) is 24.8. The quantitative estimate of drug-likeness (QED) is 0.299. The van der Waals surface area contributed by atoms with Gasteiger partial charge in [0.05, 0.1) is 12.8 Å². The molecule has 0 radical (unpaired) electrons. The van der Waals surface area contributed by atoms with Gasteiger partial charge in [0.2, 0.25) is 5.91 Å². The van der Waals surface area contributed by atoms with Crippen molar-refractivity contribution in [3.63, 3.8) is 0 Å². The van der Waals surface area contributed by atoms with E-state index >= 15 is 0 Å². The van der Waals surface area contributed by atoms with Gasteiger partial charge in [0.15, 0.2) is 0 Å². The highest BCUT2D eigenvalue weighted by molar-refractivity contribution is 5.87. The van der Waals surface area contributed by atoms with Crippen LogP contribution in [0.5, 0.6) is 0 Å². The number of nitrogens with two attached hydrogens (primary N) is 1. The van der Waals surface area contributed by atoms with Gasteiger partial charge in [-0.05, 0) is 111 Å². The van der Waals surface area contributed by atoms with Crippen LogP contribution in [0.4, 0.5) is 0 Å². The average Bonchev–Trinajstić information content (AvgIpc) is 3.05. The Kier molecular flexibility index (Phi) is 7.95. The molecule has 0 aromatic rings. The predicted molar refractivity (Wildman–Crippen MR) is 128 cm³/mol. The summed E-state index contributed by atoms with van der Waals surface area (Å²) in [6.07, 6.45) is 18.8. The molecule has 4 aliphatic rings. The van der Waals surface area contributed by atoms with E-state index in [1.807, 2.05) is 6.08 Å². The zero-order valence-corrected chi connectivity index (χ0v) is 19.2. The summed E-state index contributed by atoms with van der Waals surface area (Å²) in [4.78, 5) is 11.5. The molecular weight excluding hydrogens is 384 g/mol.